The van der Waals surface area contributed by atoms with Gasteiger partial charge < -0.3 is 9.84 Å². The molecular formula is C11H14O3. The molecule has 1 aromatic rings. The van der Waals surface area contributed by atoms with Gasteiger partial charge in [0.1, 0.15) is 5.75 Å². The topological polar surface area (TPSA) is 46.5 Å². The number of hydrogen-bond donors (Lipinski definition) is 1. The minimum absolute atomic E-state index is 0.467. The molecule has 0 saturated heterocycles. The molecule has 0 aliphatic heterocycles. The highest BCUT2D eigenvalue weighted by Crippen LogP contribution is 2.19. The van der Waals surface area contributed by atoms with Crippen molar-refractivity contribution in [2.75, 3.05) is 6.61 Å². The van der Waals surface area contributed by atoms with E-state index in [1.807, 2.05) is 6.92 Å². The Morgan fingerprint density at radius 1 is 1.43 bits per heavy atom. The van der Waals surface area contributed by atoms with Gasteiger partial charge in [-0.25, -0.2) is 0 Å². The molecule has 0 bridgehead atoms. The summed E-state index contributed by atoms with van der Waals surface area (Å²) in [6.45, 7) is 4.19. The average Bonchev–Trinajstić information content (AvgIpc) is 2.18. The quantitative estimate of drug-likeness (QED) is 0.799. The largest absolute Gasteiger partial charge is 0.494 e. The van der Waals surface area contributed by atoms with Crippen molar-refractivity contribution in [2.24, 2.45) is 0 Å². The first-order valence-corrected chi connectivity index (χ1v) is 4.60. The van der Waals surface area contributed by atoms with Crippen LogP contribution < -0.4 is 4.74 Å². The fraction of sp³-hybridized carbons (Fsp3) is 0.364. The SMILES string of the molecule is CCOc1ccc(C(C)C(=O)O)cc1. The van der Waals surface area contributed by atoms with E-state index >= 15 is 0 Å². The maximum Gasteiger partial charge on any atom is 0.310 e. The molecule has 0 heterocycles. The van der Waals surface area contributed by atoms with E-state index in [1.165, 1.54) is 0 Å². The van der Waals surface area contributed by atoms with E-state index in [9.17, 15) is 4.79 Å². The second kappa shape index (κ2) is 4.65. The number of benzene rings is 1. The number of carboxylic acids is 1. The summed E-state index contributed by atoms with van der Waals surface area (Å²) in [5.41, 5.74) is 0.793. The molecule has 0 amide bonds. The molecule has 14 heavy (non-hydrogen) atoms. The van der Waals surface area contributed by atoms with Crippen LogP contribution in [-0.2, 0) is 4.79 Å². The summed E-state index contributed by atoms with van der Waals surface area (Å²) < 4.78 is 5.25. The van der Waals surface area contributed by atoms with Gasteiger partial charge in [-0.1, -0.05) is 12.1 Å². The Kier molecular flexibility index (Phi) is 3.51. The third kappa shape index (κ3) is 2.49. The number of ether oxygens (including phenoxy) is 1. The summed E-state index contributed by atoms with van der Waals surface area (Å²) in [5, 5.41) is 8.78. The number of aliphatic carboxylic acids is 1. The smallest absolute Gasteiger partial charge is 0.310 e. The summed E-state index contributed by atoms with van der Waals surface area (Å²) in [5.74, 6) is -0.506. The predicted octanol–water partition coefficient (Wildman–Crippen LogP) is 2.27. The fourth-order valence-corrected chi connectivity index (χ4v) is 1.16. The molecule has 1 rings (SSSR count). The Hall–Kier alpha value is -1.51. The van der Waals surface area contributed by atoms with E-state index in [2.05, 4.69) is 0 Å². The van der Waals surface area contributed by atoms with Gasteiger partial charge >= 0.3 is 5.97 Å². The van der Waals surface area contributed by atoms with Crippen LogP contribution in [0.4, 0.5) is 0 Å². The van der Waals surface area contributed by atoms with Crippen LogP contribution in [0.15, 0.2) is 24.3 Å². The van der Waals surface area contributed by atoms with Crippen molar-refractivity contribution in [3.05, 3.63) is 29.8 Å². The summed E-state index contributed by atoms with van der Waals surface area (Å²) in [4.78, 5) is 10.7. The lowest BCUT2D eigenvalue weighted by atomic mass is 10.0. The van der Waals surface area contributed by atoms with Crippen LogP contribution in [0.2, 0.25) is 0 Å². The minimum atomic E-state index is -0.811. The average molecular weight is 194 g/mol. The first-order valence-electron chi connectivity index (χ1n) is 4.60. The van der Waals surface area contributed by atoms with Gasteiger partial charge in [0.15, 0.2) is 0 Å². The maximum absolute atomic E-state index is 10.7. The van der Waals surface area contributed by atoms with Crippen LogP contribution in [0.1, 0.15) is 25.3 Å². The van der Waals surface area contributed by atoms with Gasteiger partial charge in [-0.3, -0.25) is 4.79 Å². The molecule has 76 valence electrons. The van der Waals surface area contributed by atoms with Gasteiger partial charge in [0, 0.05) is 0 Å². The van der Waals surface area contributed by atoms with E-state index in [1.54, 1.807) is 31.2 Å². The van der Waals surface area contributed by atoms with Gasteiger partial charge in [-0.15, -0.1) is 0 Å². The Morgan fingerprint density at radius 3 is 2.43 bits per heavy atom. The van der Waals surface area contributed by atoms with Crippen LogP contribution in [0.25, 0.3) is 0 Å². The molecule has 1 aromatic carbocycles. The zero-order valence-electron chi connectivity index (χ0n) is 8.36. The van der Waals surface area contributed by atoms with Gasteiger partial charge in [0.25, 0.3) is 0 Å². The minimum Gasteiger partial charge on any atom is -0.494 e. The molecule has 0 aliphatic carbocycles. The molecule has 3 heteroatoms. The number of hydrogen-bond acceptors (Lipinski definition) is 2. The van der Waals surface area contributed by atoms with E-state index < -0.39 is 11.9 Å². The Labute approximate surface area is 83.3 Å². The number of rotatable bonds is 4. The van der Waals surface area contributed by atoms with Gasteiger partial charge in [-0.2, -0.15) is 0 Å². The second-order valence-electron chi connectivity index (χ2n) is 3.06. The third-order valence-corrected chi connectivity index (χ3v) is 2.06. The summed E-state index contributed by atoms with van der Waals surface area (Å²) in [7, 11) is 0. The van der Waals surface area contributed by atoms with E-state index in [0.717, 1.165) is 11.3 Å². The second-order valence-corrected chi connectivity index (χ2v) is 3.06. The van der Waals surface area contributed by atoms with Crippen molar-refractivity contribution in [3.63, 3.8) is 0 Å². The van der Waals surface area contributed by atoms with Crippen molar-refractivity contribution in [2.45, 2.75) is 19.8 Å². The van der Waals surface area contributed by atoms with Crippen molar-refractivity contribution in [3.8, 4) is 5.75 Å². The van der Waals surface area contributed by atoms with E-state index in [4.69, 9.17) is 9.84 Å². The molecule has 0 spiro atoms. The molecule has 0 fully saturated rings. The van der Waals surface area contributed by atoms with Crippen LogP contribution in [0.5, 0.6) is 5.75 Å². The molecule has 0 aromatic heterocycles. The monoisotopic (exact) mass is 194 g/mol. The van der Waals surface area contributed by atoms with Crippen LogP contribution >= 0.6 is 0 Å². The lowest BCUT2D eigenvalue weighted by Crippen LogP contribution is -2.07. The summed E-state index contributed by atoms with van der Waals surface area (Å²) in [6, 6.07) is 7.14. The molecule has 0 aliphatic rings. The lowest BCUT2D eigenvalue weighted by molar-refractivity contribution is -0.138. The fourth-order valence-electron chi connectivity index (χ4n) is 1.16. The van der Waals surface area contributed by atoms with Gasteiger partial charge in [0.2, 0.25) is 0 Å². The van der Waals surface area contributed by atoms with Crippen LogP contribution in [0, 0.1) is 0 Å². The molecule has 0 saturated carbocycles. The van der Waals surface area contributed by atoms with E-state index in [0.29, 0.717) is 6.61 Å². The lowest BCUT2D eigenvalue weighted by Gasteiger charge is -2.07. The first-order chi connectivity index (χ1) is 6.65. The maximum atomic E-state index is 10.7. The van der Waals surface area contributed by atoms with Crippen molar-refractivity contribution in [1.29, 1.82) is 0 Å². The van der Waals surface area contributed by atoms with Crippen molar-refractivity contribution >= 4 is 5.97 Å². The van der Waals surface area contributed by atoms with Crippen LogP contribution in [0.3, 0.4) is 0 Å². The van der Waals surface area contributed by atoms with Crippen LogP contribution in [-0.4, -0.2) is 17.7 Å². The summed E-state index contributed by atoms with van der Waals surface area (Å²) >= 11 is 0. The normalized spacial score (nSPS) is 12.1. The Bertz CT molecular complexity index is 303. The molecular weight excluding hydrogens is 180 g/mol. The molecule has 1 unspecified atom stereocenters. The Balaban J connectivity index is 2.77. The zero-order valence-corrected chi connectivity index (χ0v) is 8.36. The predicted molar refractivity (Wildman–Crippen MR) is 53.7 cm³/mol. The molecule has 3 nitrogen and oxygen atoms in total. The highest BCUT2D eigenvalue weighted by Gasteiger charge is 2.12. The third-order valence-electron chi connectivity index (χ3n) is 2.06. The zero-order chi connectivity index (χ0) is 10.6. The number of carboxylic acid groups (broad SMARTS) is 1. The summed E-state index contributed by atoms with van der Waals surface area (Å²) in [6.07, 6.45) is 0. The standard InChI is InChI=1S/C11H14O3/c1-3-14-10-6-4-9(5-7-10)8(2)11(12)13/h4-8H,3H2,1-2H3,(H,12,13). The molecule has 1 N–H and O–H groups in total. The highest BCUT2D eigenvalue weighted by atomic mass is 16.5. The van der Waals surface area contributed by atoms with Crippen molar-refractivity contribution < 1.29 is 14.6 Å². The van der Waals surface area contributed by atoms with Gasteiger partial charge in [0.05, 0.1) is 12.5 Å². The van der Waals surface area contributed by atoms with E-state index in [-0.39, 0.29) is 0 Å². The van der Waals surface area contributed by atoms with Crippen molar-refractivity contribution in [1.82, 2.24) is 0 Å². The highest BCUT2D eigenvalue weighted by molar-refractivity contribution is 5.75. The number of carbonyl (C=O) groups is 1. The Morgan fingerprint density at radius 2 is 2.00 bits per heavy atom. The molecule has 1 atom stereocenters. The first kappa shape index (κ1) is 10.6. The molecule has 0 radical (unpaired) electrons. The van der Waals surface area contributed by atoms with Gasteiger partial charge in [-0.05, 0) is 31.5 Å².